The number of pyridine rings is 1. The summed E-state index contributed by atoms with van der Waals surface area (Å²) in [4.78, 5) is 4.46. The first-order chi connectivity index (χ1) is 8.81. The van der Waals surface area contributed by atoms with E-state index >= 15 is 0 Å². The molecule has 1 aliphatic heterocycles. The van der Waals surface area contributed by atoms with Crippen LogP contribution in [0.2, 0.25) is 5.15 Å². The lowest BCUT2D eigenvalue weighted by Crippen LogP contribution is -2.14. The number of nitriles is 1. The molecule has 0 aromatic carbocycles. The molecule has 0 bridgehead atoms. The predicted molar refractivity (Wildman–Crippen MR) is 68.5 cm³/mol. The Bertz CT molecular complexity index is 516. The van der Waals surface area contributed by atoms with Gasteiger partial charge in [0.1, 0.15) is 11.2 Å². The van der Waals surface area contributed by atoms with Crippen molar-refractivity contribution in [2.75, 3.05) is 6.61 Å². The molecule has 0 N–H and O–H groups in total. The zero-order valence-electron chi connectivity index (χ0n) is 10.2. The summed E-state index contributed by atoms with van der Waals surface area (Å²) >= 11 is 6.16. The van der Waals surface area contributed by atoms with Gasteiger partial charge in [0.15, 0.2) is 0 Å². The van der Waals surface area contributed by atoms with Gasteiger partial charge < -0.3 is 4.74 Å². The lowest BCUT2D eigenvalue weighted by molar-refractivity contribution is 0.107. The van der Waals surface area contributed by atoms with Crippen LogP contribution < -0.4 is 0 Å². The molecule has 0 amide bonds. The van der Waals surface area contributed by atoms with E-state index in [1.807, 2.05) is 0 Å². The minimum atomic E-state index is 0.0853. The quantitative estimate of drug-likeness (QED) is 0.729. The number of hydrogen-bond acceptors (Lipinski definition) is 3. The maximum absolute atomic E-state index is 9.22. The lowest BCUT2D eigenvalue weighted by Gasteiger charge is -2.23. The molecule has 4 heteroatoms. The summed E-state index contributed by atoms with van der Waals surface area (Å²) in [6.45, 7) is 0.804. The first-order valence-corrected chi connectivity index (χ1v) is 6.92. The average molecular weight is 263 g/mol. The van der Waals surface area contributed by atoms with E-state index in [0.717, 1.165) is 50.0 Å². The standard InChI is InChI=1S/C14H15ClN2O/c15-14-11(8-16)9-4-1-2-5-10(9)13(17-14)12-6-3-7-18-12/h12H,1-7H2/t12-/m1/s1. The highest BCUT2D eigenvalue weighted by Crippen LogP contribution is 2.37. The van der Waals surface area contributed by atoms with Crippen LogP contribution in [0.1, 0.15) is 54.2 Å². The Morgan fingerprint density at radius 2 is 2.00 bits per heavy atom. The van der Waals surface area contributed by atoms with Crippen LogP contribution in [-0.4, -0.2) is 11.6 Å². The normalized spacial score (nSPS) is 22.6. The Morgan fingerprint density at radius 1 is 1.22 bits per heavy atom. The molecule has 3 nitrogen and oxygen atoms in total. The summed E-state index contributed by atoms with van der Waals surface area (Å²) in [5.41, 5.74) is 3.92. The van der Waals surface area contributed by atoms with Crippen molar-refractivity contribution in [3.8, 4) is 6.07 Å². The molecule has 2 heterocycles. The van der Waals surface area contributed by atoms with Gasteiger partial charge in [-0.15, -0.1) is 0 Å². The zero-order valence-corrected chi connectivity index (χ0v) is 11.0. The number of rotatable bonds is 1. The Hall–Kier alpha value is -1.11. The summed E-state index contributed by atoms with van der Waals surface area (Å²) in [6, 6.07) is 2.21. The number of ether oxygens (including phenoxy) is 1. The zero-order chi connectivity index (χ0) is 12.5. The van der Waals surface area contributed by atoms with Crippen LogP contribution in [0.25, 0.3) is 0 Å². The summed E-state index contributed by atoms with van der Waals surface area (Å²) in [6.07, 6.45) is 6.43. The molecule has 1 aromatic rings. The van der Waals surface area contributed by atoms with Crippen LogP contribution in [0.5, 0.6) is 0 Å². The second kappa shape index (κ2) is 4.87. The number of halogens is 1. The molecule has 1 aromatic heterocycles. The van der Waals surface area contributed by atoms with Crippen LogP contribution in [0.15, 0.2) is 0 Å². The van der Waals surface area contributed by atoms with E-state index in [1.165, 1.54) is 12.0 Å². The minimum absolute atomic E-state index is 0.0853. The Morgan fingerprint density at radius 3 is 2.67 bits per heavy atom. The van der Waals surface area contributed by atoms with Crippen molar-refractivity contribution in [1.82, 2.24) is 4.98 Å². The van der Waals surface area contributed by atoms with E-state index in [4.69, 9.17) is 16.3 Å². The maximum Gasteiger partial charge on any atom is 0.147 e. The maximum atomic E-state index is 9.22. The van der Waals surface area contributed by atoms with Crippen molar-refractivity contribution < 1.29 is 4.74 Å². The lowest BCUT2D eigenvalue weighted by atomic mass is 9.86. The van der Waals surface area contributed by atoms with E-state index in [9.17, 15) is 5.26 Å². The molecule has 94 valence electrons. The Labute approximate surface area is 112 Å². The van der Waals surface area contributed by atoms with Crippen LogP contribution in [0.4, 0.5) is 0 Å². The van der Waals surface area contributed by atoms with Gasteiger partial charge in [-0.1, -0.05) is 11.6 Å². The van der Waals surface area contributed by atoms with E-state index in [0.29, 0.717) is 10.7 Å². The van der Waals surface area contributed by atoms with Gasteiger partial charge in [0.25, 0.3) is 0 Å². The topological polar surface area (TPSA) is 45.9 Å². The van der Waals surface area contributed by atoms with Crippen LogP contribution in [0, 0.1) is 11.3 Å². The number of fused-ring (bicyclic) bond motifs is 1. The molecule has 0 radical (unpaired) electrons. The van der Waals surface area contributed by atoms with Gasteiger partial charge in [-0.05, 0) is 49.7 Å². The third kappa shape index (κ3) is 1.90. The summed E-state index contributed by atoms with van der Waals surface area (Å²) in [5, 5.41) is 9.58. The second-order valence-electron chi connectivity index (χ2n) is 4.94. The van der Waals surface area contributed by atoms with Crippen molar-refractivity contribution in [2.24, 2.45) is 0 Å². The molecular weight excluding hydrogens is 248 g/mol. The summed E-state index contributed by atoms with van der Waals surface area (Å²) < 4.78 is 5.73. The number of hydrogen-bond donors (Lipinski definition) is 0. The van der Waals surface area contributed by atoms with Crippen LogP contribution in [0.3, 0.4) is 0 Å². The molecule has 18 heavy (non-hydrogen) atoms. The highest BCUT2D eigenvalue weighted by molar-refractivity contribution is 6.30. The van der Waals surface area contributed by atoms with Crippen LogP contribution in [-0.2, 0) is 17.6 Å². The predicted octanol–water partition coefficient (Wildman–Crippen LogP) is 3.34. The molecule has 0 spiro atoms. The molecule has 1 fully saturated rings. The van der Waals surface area contributed by atoms with Gasteiger partial charge in [0.05, 0.1) is 17.4 Å². The van der Waals surface area contributed by atoms with Crippen molar-refractivity contribution >= 4 is 11.6 Å². The molecule has 1 aliphatic carbocycles. The van der Waals surface area contributed by atoms with Crippen LogP contribution >= 0.6 is 11.6 Å². The summed E-state index contributed by atoms with van der Waals surface area (Å²) in [5.74, 6) is 0. The third-order valence-corrected chi connectivity index (χ3v) is 4.12. The summed E-state index contributed by atoms with van der Waals surface area (Å²) in [7, 11) is 0. The van der Waals surface area contributed by atoms with Crippen molar-refractivity contribution in [3.63, 3.8) is 0 Å². The fraction of sp³-hybridized carbons (Fsp3) is 0.571. The van der Waals surface area contributed by atoms with Gasteiger partial charge in [-0.3, -0.25) is 0 Å². The Balaban J connectivity index is 2.14. The van der Waals surface area contributed by atoms with Gasteiger partial charge in [-0.2, -0.15) is 5.26 Å². The molecule has 0 saturated carbocycles. The van der Waals surface area contributed by atoms with Gasteiger partial charge in [0, 0.05) is 6.61 Å². The third-order valence-electron chi connectivity index (χ3n) is 3.85. The highest BCUT2D eigenvalue weighted by Gasteiger charge is 2.28. The largest absolute Gasteiger partial charge is 0.372 e. The van der Waals surface area contributed by atoms with E-state index < -0.39 is 0 Å². The second-order valence-corrected chi connectivity index (χ2v) is 5.30. The van der Waals surface area contributed by atoms with Crippen molar-refractivity contribution in [2.45, 2.75) is 44.6 Å². The van der Waals surface area contributed by atoms with Crippen molar-refractivity contribution in [3.05, 3.63) is 27.5 Å². The van der Waals surface area contributed by atoms with Gasteiger partial charge in [-0.25, -0.2) is 4.98 Å². The highest BCUT2D eigenvalue weighted by atomic mass is 35.5. The van der Waals surface area contributed by atoms with E-state index in [2.05, 4.69) is 11.1 Å². The first-order valence-electron chi connectivity index (χ1n) is 6.54. The molecule has 2 aliphatic rings. The molecule has 0 unspecified atom stereocenters. The molecule has 1 atom stereocenters. The molecule has 3 rings (SSSR count). The smallest absolute Gasteiger partial charge is 0.147 e. The first kappa shape index (κ1) is 12.0. The fourth-order valence-electron chi connectivity index (χ4n) is 2.99. The molecule has 1 saturated heterocycles. The van der Waals surface area contributed by atoms with E-state index in [1.54, 1.807) is 0 Å². The minimum Gasteiger partial charge on any atom is -0.372 e. The SMILES string of the molecule is N#Cc1c(Cl)nc([C@H]2CCCO2)c2c1CCCC2. The monoisotopic (exact) mass is 262 g/mol. The van der Waals surface area contributed by atoms with Gasteiger partial charge >= 0.3 is 0 Å². The Kier molecular flexibility index (Phi) is 3.23. The van der Waals surface area contributed by atoms with Crippen molar-refractivity contribution in [1.29, 1.82) is 5.26 Å². The van der Waals surface area contributed by atoms with Gasteiger partial charge in [0.2, 0.25) is 0 Å². The number of aromatic nitrogens is 1. The fourth-order valence-corrected chi connectivity index (χ4v) is 3.24. The molecular formula is C14H15ClN2O. The number of nitrogens with zero attached hydrogens (tertiary/aromatic N) is 2. The van der Waals surface area contributed by atoms with E-state index in [-0.39, 0.29) is 6.10 Å². The average Bonchev–Trinajstić information content (AvgIpc) is 2.91.